The molecule has 0 aliphatic heterocycles. The van der Waals surface area contributed by atoms with Gasteiger partial charge in [0.15, 0.2) is 5.78 Å². The van der Waals surface area contributed by atoms with Gasteiger partial charge in [-0.25, -0.2) is 0 Å². The summed E-state index contributed by atoms with van der Waals surface area (Å²) in [6.07, 6.45) is -3.31. The number of alkyl halides is 3. The van der Waals surface area contributed by atoms with E-state index >= 15 is 0 Å². The number of hydrogen-bond acceptors (Lipinski definition) is 5. The lowest BCUT2D eigenvalue weighted by Gasteiger charge is -2.21. The zero-order valence-corrected chi connectivity index (χ0v) is 16.4. The van der Waals surface area contributed by atoms with Gasteiger partial charge in [0.2, 0.25) is 0 Å². The first-order chi connectivity index (χ1) is 13.9. The molecule has 29 heavy (non-hydrogen) atoms. The maximum absolute atomic E-state index is 13.4. The fourth-order valence-corrected chi connectivity index (χ4v) is 3.49. The SMILES string of the molecule is COc1ccc([C@H](NCC(=O)Cc2ccc(-c3ccsc3)cc2)C(F)(F)F)nc1. The van der Waals surface area contributed by atoms with Crippen molar-refractivity contribution in [2.75, 3.05) is 13.7 Å². The molecular weight excluding hydrogens is 401 g/mol. The number of aromatic nitrogens is 1. The quantitative estimate of drug-likeness (QED) is 0.568. The number of methoxy groups -OCH3 is 1. The molecule has 0 amide bonds. The summed E-state index contributed by atoms with van der Waals surface area (Å²) in [4.78, 5) is 16.0. The van der Waals surface area contributed by atoms with Crippen LogP contribution in [0.4, 0.5) is 13.2 Å². The van der Waals surface area contributed by atoms with Crippen molar-refractivity contribution >= 4 is 17.1 Å². The van der Waals surface area contributed by atoms with E-state index in [9.17, 15) is 18.0 Å². The van der Waals surface area contributed by atoms with Gasteiger partial charge in [-0.3, -0.25) is 15.1 Å². The van der Waals surface area contributed by atoms with Crippen LogP contribution in [0.2, 0.25) is 0 Å². The van der Waals surface area contributed by atoms with Gasteiger partial charge in [0.1, 0.15) is 11.8 Å². The zero-order valence-electron chi connectivity index (χ0n) is 15.6. The lowest BCUT2D eigenvalue weighted by molar-refractivity contribution is -0.159. The summed E-state index contributed by atoms with van der Waals surface area (Å²) in [6, 6.07) is 10.0. The van der Waals surface area contributed by atoms with Crippen LogP contribution >= 0.6 is 11.3 Å². The van der Waals surface area contributed by atoms with E-state index in [2.05, 4.69) is 10.3 Å². The molecular formula is C21H19F3N2O2S. The van der Waals surface area contributed by atoms with Gasteiger partial charge in [-0.05, 0) is 45.6 Å². The predicted octanol–water partition coefficient (Wildman–Crippen LogP) is 4.82. The van der Waals surface area contributed by atoms with Gasteiger partial charge in [0, 0.05) is 6.42 Å². The molecule has 3 rings (SSSR count). The third kappa shape index (κ3) is 5.65. The molecule has 0 unspecified atom stereocenters. The number of carbonyl (C=O) groups is 1. The number of ether oxygens (including phenoxy) is 1. The molecule has 0 saturated heterocycles. The summed E-state index contributed by atoms with van der Waals surface area (Å²) in [5.41, 5.74) is 2.66. The number of rotatable bonds is 8. The zero-order chi connectivity index (χ0) is 20.9. The van der Waals surface area contributed by atoms with Gasteiger partial charge in [-0.1, -0.05) is 24.3 Å². The van der Waals surface area contributed by atoms with Crippen LogP contribution in [0.5, 0.6) is 5.75 Å². The number of benzene rings is 1. The van der Waals surface area contributed by atoms with Crippen LogP contribution in [-0.4, -0.2) is 30.6 Å². The van der Waals surface area contributed by atoms with Crippen LogP contribution in [0.1, 0.15) is 17.3 Å². The van der Waals surface area contributed by atoms with E-state index in [1.807, 2.05) is 41.1 Å². The molecule has 1 N–H and O–H groups in total. The molecule has 0 fully saturated rings. The molecule has 0 radical (unpaired) electrons. The van der Waals surface area contributed by atoms with E-state index in [0.29, 0.717) is 5.75 Å². The standard InChI is InChI=1S/C21H19F3N2O2S/c1-28-18-6-7-19(25-12-18)20(21(22,23)24)26-11-17(27)10-14-2-4-15(5-3-14)16-8-9-29-13-16/h2-9,12-13,20,26H,10-11H2,1H3/t20-/m0/s1. The molecule has 2 aromatic heterocycles. The highest BCUT2D eigenvalue weighted by molar-refractivity contribution is 7.08. The maximum Gasteiger partial charge on any atom is 0.409 e. The van der Waals surface area contributed by atoms with Crippen molar-refractivity contribution in [2.24, 2.45) is 0 Å². The molecule has 8 heteroatoms. The Kier molecular flexibility index (Phi) is 6.66. The number of hydrogen-bond donors (Lipinski definition) is 1. The Hall–Kier alpha value is -2.71. The van der Waals surface area contributed by atoms with Gasteiger partial charge in [0.05, 0.1) is 25.5 Å². The van der Waals surface area contributed by atoms with Gasteiger partial charge >= 0.3 is 6.18 Å². The van der Waals surface area contributed by atoms with Crippen molar-refractivity contribution in [3.8, 4) is 16.9 Å². The van der Waals surface area contributed by atoms with Crippen molar-refractivity contribution in [1.82, 2.24) is 10.3 Å². The number of nitrogens with one attached hydrogen (secondary N) is 1. The second-order valence-corrected chi connectivity index (χ2v) is 7.18. The molecule has 152 valence electrons. The van der Waals surface area contributed by atoms with Crippen molar-refractivity contribution in [3.63, 3.8) is 0 Å². The predicted molar refractivity (Wildman–Crippen MR) is 106 cm³/mol. The summed E-state index contributed by atoms with van der Waals surface area (Å²) in [5.74, 6) is 0.0210. The third-order valence-corrected chi connectivity index (χ3v) is 5.01. The number of ketones is 1. The van der Waals surface area contributed by atoms with Gasteiger partial charge < -0.3 is 4.74 Å². The Balaban J connectivity index is 1.61. The molecule has 0 aliphatic carbocycles. The first-order valence-corrected chi connectivity index (χ1v) is 9.74. The largest absolute Gasteiger partial charge is 0.495 e. The van der Waals surface area contributed by atoms with Gasteiger partial charge in [0.25, 0.3) is 0 Å². The third-order valence-electron chi connectivity index (χ3n) is 4.33. The summed E-state index contributed by atoms with van der Waals surface area (Å²) < 4.78 is 45.1. The molecule has 0 saturated carbocycles. The summed E-state index contributed by atoms with van der Waals surface area (Å²) in [5, 5.41) is 6.29. The Bertz CT molecular complexity index is 924. The summed E-state index contributed by atoms with van der Waals surface area (Å²) >= 11 is 1.59. The molecule has 3 aromatic rings. The second kappa shape index (κ2) is 9.19. The van der Waals surface area contributed by atoms with E-state index < -0.39 is 18.8 Å². The Morgan fingerprint density at radius 3 is 2.45 bits per heavy atom. The highest BCUT2D eigenvalue weighted by Gasteiger charge is 2.41. The highest BCUT2D eigenvalue weighted by atomic mass is 32.1. The smallest absolute Gasteiger partial charge is 0.409 e. The molecule has 4 nitrogen and oxygen atoms in total. The van der Waals surface area contributed by atoms with E-state index in [0.717, 1.165) is 16.7 Å². The minimum absolute atomic E-state index is 0.0531. The van der Waals surface area contributed by atoms with E-state index in [-0.39, 0.29) is 17.9 Å². The Labute approximate surface area is 170 Å². The lowest BCUT2D eigenvalue weighted by Crippen LogP contribution is -2.38. The number of pyridine rings is 1. The number of carbonyl (C=O) groups excluding carboxylic acids is 1. The minimum atomic E-state index is -4.58. The van der Waals surface area contributed by atoms with Crippen LogP contribution in [-0.2, 0) is 11.2 Å². The lowest BCUT2D eigenvalue weighted by atomic mass is 10.0. The van der Waals surface area contributed by atoms with Crippen LogP contribution in [0, 0.1) is 0 Å². The number of thiophene rings is 1. The van der Waals surface area contributed by atoms with Crippen molar-refractivity contribution in [2.45, 2.75) is 18.6 Å². The number of Topliss-reactive ketones (excluding diaryl/α,β-unsaturated/α-hetero) is 1. The van der Waals surface area contributed by atoms with Crippen LogP contribution < -0.4 is 10.1 Å². The molecule has 1 atom stereocenters. The second-order valence-electron chi connectivity index (χ2n) is 6.40. The number of nitrogens with zero attached hydrogens (tertiary/aromatic N) is 1. The van der Waals surface area contributed by atoms with E-state index in [4.69, 9.17) is 4.74 Å². The monoisotopic (exact) mass is 420 g/mol. The normalized spacial score (nSPS) is 12.6. The summed E-state index contributed by atoms with van der Waals surface area (Å²) in [7, 11) is 1.40. The Morgan fingerprint density at radius 1 is 1.14 bits per heavy atom. The molecule has 0 bridgehead atoms. The summed E-state index contributed by atoms with van der Waals surface area (Å²) in [6.45, 7) is -0.413. The average molecular weight is 420 g/mol. The molecule has 1 aromatic carbocycles. The van der Waals surface area contributed by atoms with Gasteiger partial charge in [-0.15, -0.1) is 0 Å². The first-order valence-electron chi connectivity index (χ1n) is 8.80. The topological polar surface area (TPSA) is 51.2 Å². The van der Waals surface area contributed by atoms with Crippen LogP contribution in [0.3, 0.4) is 0 Å². The fraction of sp³-hybridized carbons (Fsp3) is 0.238. The fourth-order valence-electron chi connectivity index (χ4n) is 2.82. The minimum Gasteiger partial charge on any atom is -0.495 e. The number of halogens is 3. The maximum atomic E-state index is 13.4. The Morgan fingerprint density at radius 2 is 1.90 bits per heavy atom. The van der Waals surface area contributed by atoms with Crippen LogP contribution in [0.25, 0.3) is 11.1 Å². The van der Waals surface area contributed by atoms with E-state index in [1.54, 1.807) is 11.3 Å². The van der Waals surface area contributed by atoms with Crippen molar-refractivity contribution in [3.05, 3.63) is 70.7 Å². The van der Waals surface area contributed by atoms with Crippen molar-refractivity contribution in [1.29, 1.82) is 0 Å². The average Bonchev–Trinajstić information content (AvgIpc) is 3.23. The first kappa shape index (κ1) is 21.0. The highest BCUT2D eigenvalue weighted by Crippen LogP contribution is 2.32. The van der Waals surface area contributed by atoms with Crippen LogP contribution in [0.15, 0.2) is 59.4 Å². The molecule has 0 spiro atoms. The van der Waals surface area contributed by atoms with Crippen molar-refractivity contribution < 1.29 is 22.7 Å². The van der Waals surface area contributed by atoms with Gasteiger partial charge in [-0.2, -0.15) is 24.5 Å². The molecule has 2 heterocycles. The van der Waals surface area contributed by atoms with E-state index in [1.165, 1.54) is 25.4 Å². The molecule has 0 aliphatic rings.